The zero-order valence-electron chi connectivity index (χ0n) is 22.1. The van der Waals surface area contributed by atoms with E-state index in [-0.39, 0.29) is 11.7 Å². The van der Waals surface area contributed by atoms with Crippen molar-refractivity contribution in [2.45, 2.75) is 64.6 Å². The lowest BCUT2D eigenvalue weighted by molar-refractivity contribution is -0.130. The molecular weight excluding hydrogens is 473 g/mol. The SMILES string of the molecule is CC(=O)N1CCN([C@H](C)COc2ccc(C3CCN(C4=Nn5c(nnc5C(C)F)CC4)CC3)cc2)CC1. The molecule has 2 aromatic rings. The number of carbonyl (C=O) groups is 1. The molecule has 1 amide bonds. The second-order valence-corrected chi connectivity index (χ2v) is 10.5. The van der Waals surface area contributed by atoms with E-state index < -0.39 is 6.17 Å². The van der Waals surface area contributed by atoms with E-state index in [0.717, 1.165) is 82.4 Å². The smallest absolute Gasteiger partial charge is 0.219 e. The number of fused-ring (bicyclic) bond motifs is 1. The number of rotatable bonds is 6. The molecule has 200 valence electrons. The van der Waals surface area contributed by atoms with Crippen LogP contribution in [0.1, 0.15) is 69.3 Å². The van der Waals surface area contributed by atoms with Gasteiger partial charge in [-0.3, -0.25) is 9.69 Å². The van der Waals surface area contributed by atoms with Crippen molar-refractivity contribution in [3.05, 3.63) is 41.5 Å². The van der Waals surface area contributed by atoms with Gasteiger partial charge in [-0.05, 0) is 50.3 Å². The minimum absolute atomic E-state index is 0.157. The van der Waals surface area contributed by atoms with Crippen LogP contribution in [0.3, 0.4) is 0 Å². The van der Waals surface area contributed by atoms with E-state index in [1.165, 1.54) is 12.5 Å². The molecule has 37 heavy (non-hydrogen) atoms. The molecule has 2 saturated heterocycles. The Balaban J connectivity index is 1.10. The predicted molar refractivity (Wildman–Crippen MR) is 139 cm³/mol. The number of nitrogens with zero attached hydrogens (tertiary/aromatic N) is 7. The molecule has 1 aromatic heterocycles. The van der Waals surface area contributed by atoms with Crippen LogP contribution >= 0.6 is 0 Å². The number of halogens is 1. The number of piperazine rings is 1. The predicted octanol–water partition coefficient (Wildman–Crippen LogP) is 3.23. The molecule has 10 heteroatoms. The van der Waals surface area contributed by atoms with E-state index >= 15 is 0 Å². The van der Waals surface area contributed by atoms with Crippen molar-refractivity contribution in [1.82, 2.24) is 29.6 Å². The minimum atomic E-state index is -1.19. The molecule has 0 spiro atoms. The summed E-state index contributed by atoms with van der Waals surface area (Å²) in [6, 6.07) is 8.87. The van der Waals surface area contributed by atoms with Crippen LogP contribution in [0, 0.1) is 0 Å². The summed E-state index contributed by atoms with van der Waals surface area (Å²) >= 11 is 0. The van der Waals surface area contributed by atoms with Gasteiger partial charge in [0.2, 0.25) is 5.91 Å². The summed E-state index contributed by atoms with van der Waals surface area (Å²) in [5, 5.41) is 12.8. The van der Waals surface area contributed by atoms with Crippen molar-refractivity contribution in [2.75, 3.05) is 45.9 Å². The van der Waals surface area contributed by atoms with Crippen LogP contribution in [0.25, 0.3) is 0 Å². The quantitative estimate of drug-likeness (QED) is 0.593. The van der Waals surface area contributed by atoms with Crippen molar-refractivity contribution >= 4 is 11.7 Å². The Hall–Kier alpha value is -3.01. The third-order valence-corrected chi connectivity index (χ3v) is 7.96. The summed E-state index contributed by atoms with van der Waals surface area (Å²) < 4.78 is 21.6. The summed E-state index contributed by atoms with van der Waals surface area (Å²) in [6.07, 6.45) is 2.50. The van der Waals surface area contributed by atoms with E-state index in [9.17, 15) is 9.18 Å². The number of aryl methyl sites for hydroxylation is 1. The van der Waals surface area contributed by atoms with Crippen molar-refractivity contribution in [3.63, 3.8) is 0 Å². The van der Waals surface area contributed by atoms with Gasteiger partial charge in [0.25, 0.3) is 0 Å². The van der Waals surface area contributed by atoms with Crippen LogP contribution < -0.4 is 4.74 Å². The standard InChI is InChI=1S/C27H38FN7O2/c1-19(32-14-16-33(17-15-32)21(3)36)18-37-24-6-4-22(5-7-24)23-10-12-34(13-11-23)26-9-8-25-29-30-27(20(2)28)35(25)31-26/h4-7,19-20,23H,8-18H2,1-3H3/t19-,20?/m1/s1. The lowest BCUT2D eigenvalue weighted by atomic mass is 9.89. The topological polar surface area (TPSA) is 79.1 Å². The van der Waals surface area contributed by atoms with Crippen molar-refractivity contribution in [1.29, 1.82) is 0 Å². The average Bonchev–Trinajstić information content (AvgIpc) is 3.36. The third kappa shape index (κ3) is 5.79. The molecule has 0 N–H and O–H groups in total. The van der Waals surface area contributed by atoms with Crippen LogP contribution in [0.4, 0.5) is 4.39 Å². The highest BCUT2D eigenvalue weighted by Gasteiger charge is 2.27. The highest BCUT2D eigenvalue weighted by molar-refractivity contribution is 5.83. The molecular formula is C27H38FN7O2. The fourth-order valence-electron chi connectivity index (χ4n) is 5.56. The molecule has 0 radical (unpaired) electrons. The molecule has 9 nitrogen and oxygen atoms in total. The lowest BCUT2D eigenvalue weighted by Crippen LogP contribution is -2.52. The summed E-state index contributed by atoms with van der Waals surface area (Å²) in [4.78, 5) is 18.2. The number of likely N-dealkylation sites (tertiary alicyclic amines) is 1. The first kappa shape index (κ1) is 25.6. The van der Waals surface area contributed by atoms with Crippen molar-refractivity contribution in [3.8, 4) is 5.75 Å². The normalized spacial score (nSPS) is 20.8. The second kappa shape index (κ2) is 11.2. The lowest BCUT2D eigenvalue weighted by Gasteiger charge is -2.37. The van der Waals surface area contributed by atoms with E-state index in [2.05, 4.69) is 51.2 Å². The number of amides is 1. The summed E-state index contributed by atoms with van der Waals surface area (Å²) in [5.74, 6) is 3.60. The maximum Gasteiger partial charge on any atom is 0.219 e. The number of carbonyl (C=O) groups excluding carboxylic acids is 1. The fraction of sp³-hybridized carbons (Fsp3) is 0.630. The molecule has 5 rings (SSSR count). The van der Waals surface area contributed by atoms with Gasteiger partial charge in [-0.1, -0.05) is 12.1 Å². The first-order valence-corrected chi connectivity index (χ1v) is 13.5. The molecule has 0 aliphatic carbocycles. The van der Waals surface area contributed by atoms with E-state index in [4.69, 9.17) is 9.84 Å². The molecule has 2 fully saturated rings. The molecule has 2 atom stereocenters. The monoisotopic (exact) mass is 511 g/mol. The van der Waals surface area contributed by atoms with Crippen LogP contribution in [0.5, 0.6) is 5.75 Å². The number of benzene rings is 1. The second-order valence-electron chi connectivity index (χ2n) is 10.5. The summed E-state index contributed by atoms with van der Waals surface area (Å²) in [6.45, 7) is 11.2. The Kier molecular flexibility index (Phi) is 7.73. The molecule has 3 aliphatic rings. The van der Waals surface area contributed by atoms with Gasteiger partial charge in [0.1, 0.15) is 18.2 Å². The average molecular weight is 512 g/mol. The van der Waals surface area contributed by atoms with Gasteiger partial charge in [-0.15, -0.1) is 10.2 Å². The number of piperidine rings is 1. The zero-order valence-corrected chi connectivity index (χ0v) is 22.1. The van der Waals surface area contributed by atoms with Crippen LogP contribution in [0.2, 0.25) is 0 Å². The highest BCUT2D eigenvalue weighted by atomic mass is 19.1. The Morgan fingerprint density at radius 1 is 1.03 bits per heavy atom. The Morgan fingerprint density at radius 2 is 1.73 bits per heavy atom. The molecule has 0 saturated carbocycles. The van der Waals surface area contributed by atoms with E-state index in [1.807, 2.05) is 4.90 Å². The van der Waals surface area contributed by atoms with Crippen LogP contribution in [-0.4, -0.2) is 93.2 Å². The largest absolute Gasteiger partial charge is 0.492 e. The first-order chi connectivity index (χ1) is 17.9. The summed E-state index contributed by atoms with van der Waals surface area (Å²) in [7, 11) is 0. The number of hydrogen-bond acceptors (Lipinski definition) is 7. The number of ether oxygens (including phenoxy) is 1. The Bertz CT molecular complexity index is 1100. The molecule has 4 heterocycles. The van der Waals surface area contributed by atoms with Crippen LogP contribution in [-0.2, 0) is 11.2 Å². The van der Waals surface area contributed by atoms with E-state index in [0.29, 0.717) is 18.6 Å². The van der Waals surface area contributed by atoms with E-state index in [1.54, 1.807) is 11.6 Å². The number of amidine groups is 1. The van der Waals surface area contributed by atoms with Gasteiger partial charge < -0.3 is 14.5 Å². The maximum atomic E-state index is 13.9. The Morgan fingerprint density at radius 3 is 2.38 bits per heavy atom. The fourth-order valence-corrected chi connectivity index (χ4v) is 5.56. The first-order valence-electron chi connectivity index (χ1n) is 13.5. The molecule has 0 bridgehead atoms. The van der Waals surface area contributed by atoms with Gasteiger partial charge in [0.05, 0.1) is 0 Å². The zero-order chi connectivity index (χ0) is 25.9. The highest BCUT2D eigenvalue weighted by Crippen LogP contribution is 2.30. The van der Waals surface area contributed by atoms with Crippen molar-refractivity contribution in [2.24, 2.45) is 5.10 Å². The van der Waals surface area contributed by atoms with Gasteiger partial charge in [-0.2, -0.15) is 9.78 Å². The molecule has 1 aromatic carbocycles. The minimum Gasteiger partial charge on any atom is -0.492 e. The molecule has 3 aliphatic heterocycles. The van der Waals surface area contributed by atoms with Crippen molar-refractivity contribution < 1.29 is 13.9 Å². The maximum absolute atomic E-state index is 13.9. The Labute approximate surface area is 218 Å². The number of aromatic nitrogens is 3. The number of alkyl halides is 1. The van der Waals surface area contributed by atoms with Gasteiger partial charge in [0.15, 0.2) is 17.8 Å². The number of hydrogen-bond donors (Lipinski definition) is 0. The van der Waals surface area contributed by atoms with Gasteiger partial charge >= 0.3 is 0 Å². The van der Waals surface area contributed by atoms with Gasteiger partial charge in [0, 0.05) is 65.1 Å². The van der Waals surface area contributed by atoms with Gasteiger partial charge in [-0.25, -0.2) is 4.39 Å². The summed E-state index contributed by atoms with van der Waals surface area (Å²) in [5.41, 5.74) is 1.35. The van der Waals surface area contributed by atoms with Crippen LogP contribution in [0.15, 0.2) is 29.4 Å². The molecule has 1 unspecified atom stereocenters. The third-order valence-electron chi connectivity index (χ3n) is 7.96.